The Labute approximate surface area is 201 Å². The number of benzene rings is 2. The zero-order chi connectivity index (χ0) is 25.2. The highest BCUT2D eigenvalue weighted by Crippen LogP contribution is 2.38. The fourth-order valence-corrected chi connectivity index (χ4v) is 3.74. The third-order valence-corrected chi connectivity index (χ3v) is 5.57. The molecule has 0 unspecified atom stereocenters. The molecular formula is C26H25NO8. The summed E-state index contributed by atoms with van der Waals surface area (Å²) in [6.07, 6.45) is 3.22. The second-order valence-electron chi connectivity index (χ2n) is 8.28. The van der Waals surface area contributed by atoms with Gasteiger partial charge in [-0.15, -0.1) is 0 Å². The van der Waals surface area contributed by atoms with E-state index >= 15 is 0 Å². The van der Waals surface area contributed by atoms with Crippen molar-refractivity contribution in [3.05, 3.63) is 64.0 Å². The lowest BCUT2D eigenvalue weighted by Gasteiger charge is -2.33. The maximum absolute atomic E-state index is 12.4. The van der Waals surface area contributed by atoms with Crippen molar-refractivity contribution in [3.63, 3.8) is 0 Å². The maximum atomic E-state index is 12.4. The fraction of sp³-hybridized carbons (Fsp3) is 0.269. The average molecular weight is 479 g/mol. The first-order valence-corrected chi connectivity index (χ1v) is 10.8. The van der Waals surface area contributed by atoms with Crippen LogP contribution in [-0.4, -0.2) is 38.6 Å². The van der Waals surface area contributed by atoms with Gasteiger partial charge in [0.15, 0.2) is 11.5 Å². The Morgan fingerprint density at radius 1 is 1.03 bits per heavy atom. The van der Waals surface area contributed by atoms with Gasteiger partial charge in [-0.3, -0.25) is 0 Å². The Morgan fingerprint density at radius 3 is 2.40 bits per heavy atom. The van der Waals surface area contributed by atoms with E-state index in [-0.39, 0.29) is 0 Å². The summed E-state index contributed by atoms with van der Waals surface area (Å²) in [6, 6.07) is 10.0. The van der Waals surface area contributed by atoms with Gasteiger partial charge < -0.3 is 28.2 Å². The Balaban J connectivity index is 1.53. The molecule has 0 atom stereocenters. The van der Waals surface area contributed by atoms with Crippen molar-refractivity contribution >= 4 is 28.7 Å². The Bertz CT molecular complexity index is 1380. The van der Waals surface area contributed by atoms with Gasteiger partial charge in [0.25, 0.3) is 0 Å². The van der Waals surface area contributed by atoms with E-state index in [1.807, 2.05) is 19.9 Å². The van der Waals surface area contributed by atoms with Crippen LogP contribution in [0, 0.1) is 0 Å². The minimum atomic E-state index is -0.837. The van der Waals surface area contributed by atoms with E-state index in [1.165, 1.54) is 33.5 Å². The molecule has 0 bridgehead atoms. The van der Waals surface area contributed by atoms with Gasteiger partial charge in [0.1, 0.15) is 22.6 Å². The largest absolute Gasteiger partial charge is 0.493 e. The lowest BCUT2D eigenvalue weighted by molar-refractivity contribution is -0.137. The van der Waals surface area contributed by atoms with Crippen LogP contribution in [0.25, 0.3) is 17.0 Å². The van der Waals surface area contributed by atoms with E-state index < -0.39 is 17.2 Å². The molecule has 3 aromatic rings. The van der Waals surface area contributed by atoms with Crippen LogP contribution in [0.2, 0.25) is 0 Å². The summed E-state index contributed by atoms with van der Waals surface area (Å²) < 4.78 is 27.3. The predicted molar refractivity (Wildman–Crippen MR) is 130 cm³/mol. The molecule has 1 aromatic heterocycles. The molecule has 1 aliphatic heterocycles. The topological polar surface area (TPSA) is 106 Å². The molecule has 2 aromatic carbocycles. The molecule has 0 aliphatic carbocycles. The first kappa shape index (κ1) is 23.9. The van der Waals surface area contributed by atoms with Crippen molar-refractivity contribution in [2.24, 2.45) is 5.16 Å². The van der Waals surface area contributed by atoms with Gasteiger partial charge in [0.2, 0.25) is 5.75 Å². The van der Waals surface area contributed by atoms with Crippen LogP contribution in [-0.2, 0) is 16.1 Å². The number of carbonyl (C=O) groups is 1. The Morgan fingerprint density at radius 2 is 1.74 bits per heavy atom. The van der Waals surface area contributed by atoms with E-state index in [1.54, 1.807) is 30.3 Å². The third-order valence-electron chi connectivity index (χ3n) is 5.57. The van der Waals surface area contributed by atoms with Crippen LogP contribution >= 0.6 is 0 Å². The number of nitrogens with zero attached hydrogens (tertiary/aromatic N) is 1. The summed E-state index contributed by atoms with van der Waals surface area (Å²) in [5.41, 5.74) is 1.20. The summed E-state index contributed by atoms with van der Waals surface area (Å²) in [5.74, 6) is 1.31. The van der Waals surface area contributed by atoms with Crippen molar-refractivity contribution in [2.45, 2.75) is 25.9 Å². The van der Waals surface area contributed by atoms with Crippen LogP contribution in [0.5, 0.6) is 23.0 Å². The van der Waals surface area contributed by atoms with Crippen molar-refractivity contribution in [1.29, 1.82) is 0 Å². The van der Waals surface area contributed by atoms with Crippen LogP contribution in [0.3, 0.4) is 0 Å². The standard InChI is InChI=1S/C26H25NO8/c1-26(2)22(13-17-12-16-7-9-23(28)33-18(16)14-19(17)34-26)27-35-24(29)8-6-15-10-20(30-3)25(32-5)21(11-15)31-4/h6-12,14H,13H2,1-5H3/b8-6+,27-22+. The molecule has 4 rings (SSSR count). The first-order chi connectivity index (χ1) is 16.7. The molecule has 0 amide bonds. The molecule has 0 saturated carbocycles. The molecule has 182 valence electrons. The molecule has 0 spiro atoms. The highest BCUT2D eigenvalue weighted by Gasteiger charge is 2.34. The van der Waals surface area contributed by atoms with E-state index in [0.29, 0.717) is 46.3 Å². The fourth-order valence-electron chi connectivity index (χ4n) is 3.74. The van der Waals surface area contributed by atoms with E-state index in [4.69, 9.17) is 28.2 Å². The Kier molecular flexibility index (Phi) is 6.50. The number of methoxy groups -OCH3 is 3. The SMILES string of the molecule is COc1cc(/C=C/C(=O)O/N=C2\Cc3cc4ccc(=O)oc4cc3OC2(C)C)cc(OC)c1OC. The van der Waals surface area contributed by atoms with E-state index in [0.717, 1.165) is 10.9 Å². The number of hydrogen-bond acceptors (Lipinski definition) is 9. The van der Waals surface area contributed by atoms with Crippen molar-refractivity contribution in [2.75, 3.05) is 21.3 Å². The zero-order valence-electron chi connectivity index (χ0n) is 20.0. The monoisotopic (exact) mass is 479 g/mol. The number of rotatable bonds is 6. The summed E-state index contributed by atoms with van der Waals surface area (Å²) in [4.78, 5) is 29.0. The van der Waals surface area contributed by atoms with Crippen LogP contribution in [0.4, 0.5) is 0 Å². The van der Waals surface area contributed by atoms with Gasteiger partial charge in [-0.2, -0.15) is 0 Å². The van der Waals surface area contributed by atoms with Gasteiger partial charge in [0.05, 0.1) is 21.3 Å². The second kappa shape index (κ2) is 9.54. The summed E-state index contributed by atoms with van der Waals surface area (Å²) >= 11 is 0. The molecular weight excluding hydrogens is 454 g/mol. The number of fused-ring (bicyclic) bond motifs is 2. The van der Waals surface area contributed by atoms with Gasteiger partial charge in [-0.25, -0.2) is 9.59 Å². The van der Waals surface area contributed by atoms with Crippen molar-refractivity contribution in [1.82, 2.24) is 0 Å². The highest BCUT2D eigenvalue weighted by molar-refractivity contribution is 5.97. The number of ether oxygens (including phenoxy) is 4. The number of carbonyl (C=O) groups excluding carboxylic acids is 1. The third kappa shape index (κ3) is 4.98. The van der Waals surface area contributed by atoms with Gasteiger partial charge in [-0.05, 0) is 49.8 Å². The molecule has 0 saturated heterocycles. The summed E-state index contributed by atoms with van der Waals surface area (Å²) in [6.45, 7) is 3.64. The summed E-state index contributed by atoms with van der Waals surface area (Å²) in [7, 11) is 4.54. The predicted octanol–water partition coefficient (Wildman–Crippen LogP) is 4.14. The second-order valence-corrected chi connectivity index (χ2v) is 8.28. The molecule has 0 N–H and O–H groups in total. The summed E-state index contributed by atoms with van der Waals surface area (Å²) in [5, 5.41) is 4.84. The van der Waals surface area contributed by atoms with Crippen LogP contribution in [0.15, 0.2) is 56.8 Å². The molecule has 9 nitrogen and oxygen atoms in total. The molecule has 0 fully saturated rings. The van der Waals surface area contributed by atoms with E-state index in [9.17, 15) is 9.59 Å². The number of oxime groups is 1. The minimum Gasteiger partial charge on any atom is -0.493 e. The van der Waals surface area contributed by atoms with E-state index in [2.05, 4.69) is 5.16 Å². The molecule has 9 heteroatoms. The van der Waals surface area contributed by atoms with Crippen LogP contribution in [0.1, 0.15) is 25.0 Å². The number of hydrogen-bond donors (Lipinski definition) is 0. The smallest absolute Gasteiger partial charge is 0.358 e. The Hall–Kier alpha value is -4.27. The first-order valence-electron chi connectivity index (χ1n) is 10.8. The average Bonchev–Trinajstić information content (AvgIpc) is 2.83. The van der Waals surface area contributed by atoms with Crippen molar-refractivity contribution in [3.8, 4) is 23.0 Å². The van der Waals surface area contributed by atoms with Crippen molar-refractivity contribution < 1.29 is 33.0 Å². The van der Waals surface area contributed by atoms with Gasteiger partial charge in [-0.1, -0.05) is 5.16 Å². The minimum absolute atomic E-state index is 0.404. The molecule has 0 radical (unpaired) electrons. The quantitative estimate of drug-likeness (QED) is 0.225. The van der Waals surface area contributed by atoms with Gasteiger partial charge in [0, 0.05) is 35.6 Å². The molecule has 1 aliphatic rings. The molecule has 35 heavy (non-hydrogen) atoms. The maximum Gasteiger partial charge on any atom is 0.358 e. The zero-order valence-corrected chi connectivity index (χ0v) is 20.0. The van der Waals surface area contributed by atoms with Crippen LogP contribution < -0.4 is 24.6 Å². The normalized spacial score (nSPS) is 15.5. The molecule has 2 heterocycles. The van der Waals surface area contributed by atoms with Gasteiger partial charge >= 0.3 is 11.6 Å². The lowest BCUT2D eigenvalue weighted by Crippen LogP contribution is -2.43. The lowest BCUT2D eigenvalue weighted by atomic mass is 9.91. The highest BCUT2D eigenvalue weighted by atomic mass is 16.7.